The first kappa shape index (κ1) is 7.81. The molecule has 0 saturated heterocycles. The number of aromatic nitrogens is 2. The summed E-state index contributed by atoms with van der Waals surface area (Å²) in [6.45, 7) is 3.83. The molecule has 0 aliphatic heterocycles. The number of H-pyrrole nitrogens is 1. The van der Waals surface area contributed by atoms with Gasteiger partial charge in [-0.05, 0) is 31.5 Å². The number of fused-ring (bicyclic) bond motifs is 1. The van der Waals surface area contributed by atoms with Crippen molar-refractivity contribution < 1.29 is 0 Å². The Bertz CT molecular complexity index is 503. The number of nitrogens with one attached hydrogen (secondary N) is 1. The van der Waals surface area contributed by atoms with Crippen LogP contribution in [-0.4, -0.2) is 9.97 Å². The van der Waals surface area contributed by atoms with Gasteiger partial charge in [0.05, 0.1) is 22.7 Å². The van der Waals surface area contributed by atoms with E-state index in [2.05, 4.69) is 16.0 Å². The SMILES string of the molecule is Cc1nc2cc(C#N)c(C)cc2[nH]1. The van der Waals surface area contributed by atoms with Crippen molar-refractivity contribution in [3.8, 4) is 6.07 Å². The number of aryl methyl sites for hydroxylation is 2. The third kappa shape index (κ3) is 1.17. The van der Waals surface area contributed by atoms with E-state index in [1.165, 1.54) is 0 Å². The first-order chi connectivity index (χ1) is 6.20. The van der Waals surface area contributed by atoms with Gasteiger partial charge in [0.15, 0.2) is 0 Å². The van der Waals surface area contributed by atoms with E-state index in [9.17, 15) is 0 Å². The van der Waals surface area contributed by atoms with Gasteiger partial charge in [-0.15, -0.1) is 0 Å². The van der Waals surface area contributed by atoms with Crippen molar-refractivity contribution in [2.24, 2.45) is 0 Å². The topological polar surface area (TPSA) is 52.5 Å². The molecule has 0 aliphatic rings. The maximum Gasteiger partial charge on any atom is 0.104 e. The van der Waals surface area contributed by atoms with E-state index in [4.69, 9.17) is 5.26 Å². The Kier molecular flexibility index (Phi) is 1.56. The Morgan fingerprint density at radius 3 is 2.85 bits per heavy atom. The molecule has 64 valence electrons. The van der Waals surface area contributed by atoms with Crippen molar-refractivity contribution in [3.63, 3.8) is 0 Å². The zero-order chi connectivity index (χ0) is 9.42. The van der Waals surface area contributed by atoms with Gasteiger partial charge in [0.2, 0.25) is 0 Å². The Balaban J connectivity index is 2.82. The molecule has 3 nitrogen and oxygen atoms in total. The molecule has 0 amide bonds. The third-order valence-electron chi connectivity index (χ3n) is 2.07. The fraction of sp³-hybridized carbons (Fsp3) is 0.200. The highest BCUT2D eigenvalue weighted by molar-refractivity contribution is 5.78. The second-order valence-electron chi connectivity index (χ2n) is 3.12. The molecule has 1 heterocycles. The quantitative estimate of drug-likeness (QED) is 0.659. The lowest BCUT2D eigenvalue weighted by Crippen LogP contribution is -1.81. The van der Waals surface area contributed by atoms with E-state index in [0.717, 1.165) is 22.4 Å². The third-order valence-corrected chi connectivity index (χ3v) is 2.07. The van der Waals surface area contributed by atoms with Gasteiger partial charge in [-0.2, -0.15) is 5.26 Å². The van der Waals surface area contributed by atoms with Crippen LogP contribution in [-0.2, 0) is 0 Å². The lowest BCUT2D eigenvalue weighted by atomic mass is 10.1. The summed E-state index contributed by atoms with van der Waals surface area (Å²) in [5.74, 6) is 0.879. The molecule has 1 aromatic heterocycles. The van der Waals surface area contributed by atoms with Gasteiger partial charge in [0, 0.05) is 0 Å². The van der Waals surface area contributed by atoms with Crippen LogP contribution in [0.5, 0.6) is 0 Å². The molecule has 0 unspecified atom stereocenters. The minimum Gasteiger partial charge on any atom is -0.342 e. The molecule has 1 N–H and O–H groups in total. The van der Waals surface area contributed by atoms with Crippen molar-refractivity contribution in [2.75, 3.05) is 0 Å². The number of imidazole rings is 1. The summed E-state index contributed by atoms with van der Waals surface area (Å²) in [5.41, 5.74) is 3.53. The molecule has 0 aliphatic carbocycles. The summed E-state index contributed by atoms with van der Waals surface area (Å²) in [7, 11) is 0. The maximum atomic E-state index is 8.80. The van der Waals surface area contributed by atoms with Crippen molar-refractivity contribution in [1.82, 2.24) is 9.97 Å². The molecule has 3 heteroatoms. The van der Waals surface area contributed by atoms with Gasteiger partial charge in [-0.1, -0.05) is 0 Å². The first-order valence-electron chi connectivity index (χ1n) is 4.08. The predicted molar refractivity (Wildman–Crippen MR) is 50.3 cm³/mol. The second kappa shape index (κ2) is 2.60. The number of benzene rings is 1. The molecule has 0 saturated carbocycles. The zero-order valence-corrected chi connectivity index (χ0v) is 7.55. The Hall–Kier alpha value is -1.82. The average molecular weight is 171 g/mol. The van der Waals surface area contributed by atoms with Gasteiger partial charge in [0.1, 0.15) is 5.82 Å². The smallest absolute Gasteiger partial charge is 0.104 e. The predicted octanol–water partition coefficient (Wildman–Crippen LogP) is 2.05. The summed E-state index contributed by atoms with van der Waals surface area (Å²) in [4.78, 5) is 7.39. The molecule has 0 radical (unpaired) electrons. The lowest BCUT2D eigenvalue weighted by molar-refractivity contribution is 1.17. The van der Waals surface area contributed by atoms with Crippen LogP contribution in [0.25, 0.3) is 11.0 Å². The molecular weight excluding hydrogens is 162 g/mol. The van der Waals surface area contributed by atoms with Crippen LogP contribution in [0.1, 0.15) is 17.0 Å². The zero-order valence-electron chi connectivity index (χ0n) is 7.55. The van der Waals surface area contributed by atoms with Crippen molar-refractivity contribution in [2.45, 2.75) is 13.8 Å². The van der Waals surface area contributed by atoms with E-state index in [1.54, 1.807) is 0 Å². The van der Waals surface area contributed by atoms with Crippen molar-refractivity contribution in [1.29, 1.82) is 5.26 Å². The van der Waals surface area contributed by atoms with Crippen LogP contribution in [0.2, 0.25) is 0 Å². The van der Waals surface area contributed by atoms with Gasteiger partial charge in [0.25, 0.3) is 0 Å². The fourth-order valence-electron chi connectivity index (χ4n) is 1.41. The van der Waals surface area contributed by atoms with Crippen LogP contribution in [0.4, 0.5) is 0 Å². The van der Waals surface area contributed by atoms with Crippen LogP contribution in [0.15, 0.2) is 12.1 Å². The van der Waals surface area contributed by atoms with Gasteiger partial charge in [-0.25, -0.2) is 4.98 Å². The van der Waals surface area contributed by atoms with Crippen molar-refractivity contribution >= 4 is 11.0 Å². The molecule has 0 bridgehead atoms. The fourth-order valence-corrected chi connectivity index (χ4v) is 1.41. The Morgan fingerprint density at radius 1 is 1.38 bits per heavy atom. The average Bonchev–Trinajstić information content (AvgIpc) is 2.42. The minimum atomic E-state index is 0.694. The number of nitrogens with zero attached hydrogens (tertiary/aromatic N) is 2. The summed E-state index contributed by atoms with van der Waals surface area (Å²) in [6.07, 6.45) is 0. The van der Waals surface area contributed by atoms with E-state index >= 15 is 0 Å². The molecule has 13 heavy (non-hydrogen) atoms. The van der Waals surface area contributed by atoms with Crippen LogP contribution >= 0.6 is 0 Å². The molecule has 2 aromatic rings. The molecule has 1 aromatic carbocycles. The van der Waals surface area contributed by atoms with Crippen LogP contribution in [0.3, 0.4) is 0 Å². The van der Waals surface area contributed by atoms with E-state index in [0.29, 0.717) is 5.56 Å². The number of hydrogen-bond donors (Lipinski definition) is 1. The molecule has 0 spiro atoms. The lowest BCUT2D eigenvalue weighted by Gasteiger charge is -1.94. The van der Waals surface area contributed by atoms with Gasteiger partial charge >= 0.3 is 0 Å². The number of hydrogen-bond acceptors (Lipinski definition) is 2. The first-order valence-corrected chi connectivity index (χ1v) is 4.08. The summed E-state index contributed by atoms with van der Waals surface area (Å²) in [6, 6.07) is 5.91. The summed E-state index contributed by atoms with van der Waals surface area (Å²) < 4.78 is 0. The molecule has 0 fully saturated rings. The number of aromatic amines is 1. The summed E-state index contributed by atoms with van der Waals surface area (Å²) in [5, 5.41) is 8.80. The van der Waals surface area contributed by atoms with Crippen LogP contribution in [0, 0.1) is 25.2 Å². The maximum absolute atomic E-state index is 8.80. The molecular formula is C10H9N3. The molecule has 2 rings (SSSR count). The summed E-state index contributed by atoms with van der Waals surface area (Å²) >= 11 is 0. The Labute approximate surface area is 76.0 Å². The van der Waals surface area contributed by atoms with E-state index < -0.39 is 0 Å². The largest absolute Gasteiger partial charge is 0.342 e. The van der Waals surface area contributed by atoms with Gasteiger partial charge < -0.3 is 4.98 Å². The monoisotopic (exact) mass is 171 g/mol. The highest BCUT2D eigenvalue weighted by atomic mass is 14.9. The Morgan fingerprint density at radius 2 is 2.15 bits per heavy atom. The standard InChI is InChI=1S/C10H9N3/c1-6-3-9-10(4-8(6)5-11)13-7(2)12-9/h3-4H,1-2H3,(H,12,13). The molecule has 0 atom stereocenters. The number of nitriles is 1. The highest BCUT2D eigenvalue weighted by Gasteiger charge is 2.03. The second-order valence-corrected chi connectivity index (χ2v) is 3.12. The van der Waals surface area contributed by atoms with E-state index in [1.807, 2.05) is 26.0 Å². The normalized spacial score (nSPS) is 10.2. The van der Waals surface area contributed by atoms with Crippen LogP contribution < -0.4 is 0 Å². The van der Waals surface area contributed by atoms with Gasteiger partial charge in [-0.3, -0.25) is 0 Å². The minimum absolute atomic E-state index is 0.694. The highest BCUT2D eigenvalue weighted by Crippen LogP contribution is 2.16. The number of rotatable bonds is 0. The van der Waals surface area contributed by atoms with E-state index in [-0.39, 0.29) is 0 Å². The van der Waals surface area contributed by atoms with Crippen molar-refractivity contribution in [3.05, 3.63) is 29.1 Å².